The van der Waals surface area contributed by atoms with E-state index in [0.717, 1.165) is 30.2 Å². The third kappa shape index (κ3) is 2.80. The lowest BCUT2D eigenvalue weighted by Gasteiger charge is -2.32. The molecule has 2 heteroatoms. The zero-order chi connectivity index (χ0) is 14.6. The largest absolute Gasteiger partial charge is 0.508 e. The molecule has 0 aromatic heterocycles. The maximum absolute atomic E-state index is 10.2. The minimum Gasteiger partial charge on any atom is -0.508 e. The average molecular weight is 271 g/mol. The zero-order valence-electron chi connectivity index (χ0n) is 12.7. The lowest BCUT2D eigenvalue weighted by atomic mass is 9.89. The Morgan fingerprint density at radius 3 is 2.25 bits per heavy atom. The Bertz CT molecular complexity index is 564. The van der Waals surface area contributed by atoms with Gasteiger partial charge in [-0.25, -0.2) is 0 Å². The molecule has 2 rings (SSSR count). The van der Waals surface area contributed by atoms with Gasteiger partial charge >= 0.3 is 0 Å². The summed E-state index contributed by atoms with van der Waals surface area (Å²) < 4.78 is 0. The molecule has 0 aliphatic carbocycles. The zero-order valence-corrected chi connectivity index (χ0v) is 12.7. The number of benzene rings is 2. The van der Waals surface area contributed by atoms with Crippen LogP contribution in [0.4, 0.5) is 0 Å². The summed E-state index contributed by atoms with van der Waals surface area (Å²) >= 11 is 0. The van der Waals surface area contributed by atoms with Crippen LogP contribution in [0.3, 0.4) is 0 Å². The second-order valence-corrected chi connectivity index (χ2v) is 5.48. The lowest BCUT2D eigenvalue weighted by molar-refractivity contribution is 0.287. The summed E-state index contributed by atoms with van der Waals surface area (Å²) in [6.07, 6.45) is 3.31. The molecular weight excluding hydrogens is 246 g/mol. The molecule has 108 valence electrons. The fraction of sp³-hybridized carbons (Fsp3) is 0.444. The molecule has 0 heterocycles. The molecule has 2 aromatic rings. The van der Waals surface area contributed by atoms with Gasteiger partial charge in [0, 0.05) is 17.6 Å². The highest BCUT2D eigenvalue weighted by molar-refractivity contribution is 5.87. The molecule has 0 spiro atoms. The molecule has 0 radical (unpaired) electrons. The van der Waals surface area contributed by atoms with Gasteiger partial charge in [-0.05, 0) is 36.1 Å². The van der Waals surface area contributed by atoms with Crippen LogP contribution in [0.2, 0.25) is 0 Å². The second-order valence-electron chi connectivity index (χ2n) is 5.48. The van der Waals surface area contributed by atoms with Crippen LogP contribution in [0.25, 0.3) is 10.8 Å². The summed E-state index contributed by atoms with van der Waals surface area (Å²) in [6, 6.07) is 12.0. The van der Waals surface area contributed by atoms with Crippen molar-refractivity contribution >= 4 is 10.8 Å². The van der Waals surface area contributed by atoms with Gasteiger partial charge in [0.15, 0.2) is 0 Å². The normalized spacial score (nSPS) is 11.9. The Labute approximate surface area is 121 Å². The Balaban J connectivity index is 2.32. The highest BCUT2D eigenvalue weighted by atomic mass is 16.3. The average Bonchev–Trinajstić information content (AvgIpc) is 2.51. The third-order valence-electron chi connectivity index (χ3n) is 4.69. The molecule has 0 fully saturated rings. The van der Waals surface area contributed by atoms with E-state index in [-0.39, 0.29) is 5.54 Å². The molecule has 2 N–H and O–H groups in total. The lowest BCUT2D eigenvalue weighted by Crippen LogP contribution is -2.43. The monoisotopic (exact) mass is 271 g/mol. The summed E-state index contributed by atoms with van der Waals surface area (Å²) in [5.74, 6) is 0.383. The Hall–Kier alpha value is -1.54. The van der Waals surface area contributed by atoms with E-state index in [0.29, 0.717) is 12.3 Å². The molecule has 0 bridgehead atoms. The van der Waals surface area contributed by atoms with Crippen molar-refractivity contribution < 1.29 is 5.11 Å². The predicted octanol–water partition coefficient (Wildman–Crippen LogP) is 4.60. The van der Waals surface area contributed by atoms with Crippen LogP contribution in [0.1, 0.15) is 45.6 Å². The minimum absolute atomic E-state index is 0.170. The Morgan fingerprint density at radius 2 is 1.60 bits per heavy atom. The van der Waals surface area contributed by atoms with Gasteiger partial charge in [-0.3, -0.25) is 0 Å². The van der Waals surface area contributed by atoms with Gasteiger partial charge in [0.1, 0.15) is 5.75 Å². The summed E-state index contributed by atoms with van der Waals surface area (Å²) in [5, 5.41) is 16.2. The fourth-order valence-corrected chi connectivity index (χ4v) is 2.91. The maximum Gasteiger partial charge on any atom is 0.120 e. The Morgan fingerprint density at radius 1 is 0.950 bits per heavy atom. The van der Waals surface area contributed by atoms with Crippen LogP contribution in [-0.4, -0.2) is 10.6 Å². The molecule has 0 saturated heterocycles. The number of fused-ring (bicyclic) bond motifs is 1. The van der Waals surface area contributed by atoms with E-state index in [1.165, 1.54) is 5.39 Å². The minimum atomic E-state index is 0.170. The van der Waals surface area contributed by atoms with Gasteiger partial charge in [0.05, 0.1) is 0 Å². The topological polar surface area (TPSA) is 32.3 Å². The smallest absolute Gasteiger partial charge is 0.120 e. The van der Waals surface area contributed by atoms with E-state index in [4.69, 9.17) is 0 Å². The van der Waals surface area contributed by atoms with Crippen molar-refractivity contribution in [3.63, 3.8) is 0 Å². The molecule has 2 aromatic carbocycles. The highest BCUT2D eigenvalue weighted by Crippen LogP contribution is 2.28. The highest BCUT2D eigenvalue weighted by Gasteiger charge is 2.23. The van der Waals surface area contributed by atoms with Crippen molar-refractivity contribution in [3.05, 3.63) is 42.0 Å². The summed E-state index contributed by atoms with van der Waals surface area (Å²) in [5.41, 5.74) is 1.17. The predicted molar refractivity (Wildman–Crippen MR) is 86.1 cm³/mol. The molecule has 0 aliphatic rings. The van der Waals surface area contributed by atoms with E-state index in [1.54, 1.807) is 6.07 Å². The molecule has 2 nitrogen and oxygen atoms in total. The molecule has 0 unspecified atom stereocenters. The number of rotatable bonds is 6. The molecule has 0 saturated carbocycles. The van der Waals surface area contributed by atoms with Crippen molar-refractivity contribution in [1.82, 2.24) is 5.32 Å². The van der Waals surface area contributed by atoms with Crippen molar-refractivity contribution in [1.29, 1.82) is 0 Å². The number of phenols is 1. The van der Waals surface area contributed by atoms with Crippen LogP contribution < -0.4 is 5.32 Å². The molecular formula is C18H25NO. The van der Waals surface area contributed by atoms with Crippen LogP contribution in [-0.2, 0) is 6.54 Å². The molecule has 20 heavy (non-hydrogen) atoms. The van der Waals surface area contributed by atoms with Gasteiger partial charge in [-0.15, -0.1) is 0 Å². The third-order valence-corrected chi connectivity index (χ3v) is 4.69. The number of aromatic hydroxyl groups is 1. The number of phenolic OH excluding ortho intramolecular Hbond substituents is 1. The first-order valence-corrected chi connectivity index (χ1v) is 7.60. The van der Waals surface area contributed by atoms with E-state index in [1.807, 2.05) is 18.2 Å². The molecule has 0 atom stereocenters. The van der Waals surface area contributed by atoms with Crippen LogP contribution >= 0.6 is 0 Å². The summed E-state index contributed by atoms with van der Waals surface area (Å²) in [4.78, 5) is 0. The van der Waals surface area contributed by atoms with E-state index < -0.39 is 0 Å². The van der Waals surface area contributed by atoms with Crippen molar-refractivity contribution in [2.24, 2.45) is 0 Å². The van der Waals surface area contributed by atoms with Crippen molar-refractivity contribution in [2.75, 3.05) is 0 Å². The van der Waals surface area contributed by atoms with E-state index in [2.05, 4.69) is 38.2 Å². The summed E-state index contributed by atoms with van der Waals surface area (Å²) in [6.45, 7) is 7.39. The van der Waals surface area contributed by atoms with E-state index in [9.17, 15) is 5.11 Å². The first-order chi connectivity index (χ1) is 9.65. The van der Waals surface area contributed by atoms with Crippen LogP contribution in [0, 0.1) is 0 Å². The first kappa shape index (κ1) is 14.9. The maximum atomic E-state index is 10.2. The second kappa shape index (κ2) is 6.27. The SMILES string of the molecule is CCC(CC)(CC)NCc1c(O)ccc2ccccc12. The quantitative estimate of drug-likeness (QED) is 0.804. The fourth-order valence-electron chi connectivity index (χ4n) is 2.91. The molecule has 0 aliphatic heterocycles. The van der Waals surface area contributed by atoms with Crippen molar-refractivity contribution in [3.8, 4) is 5.75 Å². The van der Waals surface area contributed by atoms with Crippen LogP contribution in [0.5, 0.6) is 5.75 Å². The Kier molecular flexibility index (Phi) is 4.66. The molecule has 0 amide bonds. The number of hydrogen-bond acceptors (Lipinski definition) is 2. The van der Waals surface area contributed by atoms with Crippen LogP contribution in [0.15, 0.2) is 36.4 Å². The summed E-state index contributed by atoms with van der Waals surface area (Å²) in [7, 11) is 0. The number of hydrogen-bond donors (Lipinski definition) is 2. The van der Waals surface area contributed by atoms with Gasteiger partial charge in [0.25, 0.3) is 0 Å². The number of nitrogens with one attached hydrogen (secondary N) is 1. The first-order valence-electron chi connectivity index (χ1n) is 7.60. The van der Waals surface area contributed by atoms with Crippen molar-refractivity contribution in [2.45, 2.75) is 52.1 Å². The van der Waals surface area contributed by atoms with Gasteiger partial charge < -0.3 is 10.4 Å². The standard InChI is InChI=1S/C18H25NO/c1-4-18(5-2,6-3)19-13-16-15-10-8-7-9-14(15)11-12-17(16)20/h7-12,19-20H,4-6,13H2,1-3H3. The van der Waals surface area contributed by atoms with Gasteiger partial charge in [-0.2, -0.15) is 0 Å². The van der Waals surface area contributed by atoms with Gasteiger partial charge in [-0.1, -0.05) is 51.1 Å². The van der Waals surface area contributed by atoms with Gasteiger partial charge in [0.2, 0.25) is 0 Å². The van der Waals surface area contributed by atoms with E-state index >= 15 is 0 Å².